The normalized spacial score (nSPS) is 12.6. The molecule has 0 fully saturated rings. The Hall–Kier alpha value is -1.74. The molecule has 1 atom stereocenters. The number of hydrogen-bond donors (Lipinski definition) is 2. The van der Waals surface area contributed by atoms with E-state index in [0.717, 1.165) is 0 Å². The molecule has 3 nitrogen and oxygen atoms in total. The van der Waals surface area contributed by atoms with E-state index in [2.05, 4.69) is 0 Å². The second-order valence-corrected chi connectivity index (χ2v) is 3.09. The maximum Gasteiger partial charge on any atom is 0.109 e. The third kappa shape index (κ3) is 1.49. The molecule has 2 rings (SSSR count). The molecule has 1 heterocycles. The SMILES string of the molecule is Nc1ccccc1C(O)c1ccoc1. The van der Waals surface area contributed by atoms with Crippen LogP contribution in [0.1, 0.15) is 17.2 Å². The quantitative estimate of drug-likeness (QED) is 0.710. The molecule has 0 aliphatic heterocycles. The Labute approximate surface area is 81.8 Å². The maximum absolute atomic E-state index is 9.92. The van der Waals surface area contributed by atoms with Crippen molar-refractivity contribution < 1.29 is 9.52 Å². The predicted octanol–water partition coefficient (Wildman–Crippen LogP) is 1.94. The van der Waals surface area contributed by atoms with Crippen LogP contribution in [0.4, 0.5) is 5.69 Å². The van der Waals surface area contributed by atoms with Crippen LogP contribution in [0.5, 0.6) is 0 Å². The van der Waals surface area contributed by atoms with Gasteiger partial charge >= 0.3 is 0 Å². The minimum Gasteiger partial charge on any atom is -0.472 e. The molecule has 72 valence electrons. The highest BCUT2D eigenvalue weighted by atomic mass is 16.3. The second-order valence-electron chi connectivity index (χ2n) is 3.09. The predicted molar refractivity (Wildman–Crippen MR) is 53.6 cm³/mol. The lowest BCUT2D eigenvalue weighted by molar-refractivity contribution is 0.220. The minimum absolute atomic E-state index is 0.584. The van der Waals surface area contributed by atoms with Crippen LogP contribution >= 0.6 is 0 Å². The summed E-state index contributed by atoms with van der Waals surface area (Å²) < 4.78 is 4.90. The summed E-state index contributed by atoms with van der Waals surface area (Å²) in [6.07, 6.45) is 2.32. The Morgan fingerprint density at radius 2 is 2.00 bits per heavy atom. The Bertz CT molecular complexity index is 409. The molecule has 0 aliphatic rings. The zero-order valence-corrected chi connectivity index (χ0v) is 7.55. The van der Waals surface area contributed by atoms with Crippen molar-refractivity contribution in [2.24, 2.45) is 0 Å². The Morgan fingerprint density at radius 3 is 2.64 bits per heavy atom. The van der Waals surface area contributed by atoms with E-state index < -0.39 is 6.10 Å². The summed E-state index contributed by atoms with van der Waals surface area (Å²) in [5.41, 5.74) is 7.74. The van der Waals surface area contributed by atoms with E-state index >= 15 is 0 Å². The standard InChI is InChI=1S/C11H11NO2/c12-10-4-2-1-3-9(10)11(13)8-5-6-14-7-8/h1-7,11,13H,12H2. The van der Waals surface area contributed by atoms with Gasteiger partial charge in [0, 0.05) is 16.8 Å². The van der Waals surface area contributed by atoms with Gasteiger partial charge < -0.3 is 15.3 Å². The van der Waals surface area contributed by atoms with E-state index in [1.54, 1.807) is 18.2 Å². The highest BCUT2D eigenvalue weighted by Gasteiger charge is 2.13. The van der Waals surface area contributed by atoms with Crippen LogP contribution in [-0.2, 0) is 0 Å². The van der Waals surface area contributed by atoms with Gasteiger partial charge in [-0.25, -0.2) is 0 Å². The van der Waals surface area contributed by atoms with E-state index in [4.69, 9.17) is 10.2 Å². The van der Waals surface area contributed by atoms with Gasteiger partial charge in [0.15, 0.2) is 0 Å². The molecule has 1 aromatic carbocycles. The van der Waals surface area contributed by atoms with Crippen LogP contribution < -0.4 is 5.73 Å². The third-order valence-corrected chi connectivity index (χ3v) is 2.15. The monoisotopic (exact) mass is 189 g/mol. The van der Waals surface area contributed by atoms with E-state index in [1.165, 1.54) is 12.5 Å². The molecular formula is C11H11NO2. The average Bonchev–Trinajstić information content (AvgIpc) is 2.70. The summed E-state index contributed by atoms with van der Waals surface area (Å²) in [6, 6.07) is 8.96. The summed E-state index contributed by atoms with van der Waals surface area (Å²) in [5, 5.41) is 9.92. The van der Waals surface area contributed by atoms with Crippen LogP contribution in [0, 0.1) is 0 Å². The van der Waals surface area contributed by atoms with Crippen molar-refractivity contribution in [3.8, 4) is 0 Å². The number of anilines is 1. The second kappa shape index (κ2) is 3.55. The topological polar surface area (TPSA) is 59.4 Å². The molecule has 0 saturated carbocycles. The van der Waals surface area contributed by atoms with Crippen LogP contribution in [0.15, 0.2) is 47.3 Å². The van der Waals surface area contributed by atoms with Gasteiger partial charge in [-0.3, -0.25) is 0 Å². The molecule has 0 amide bonds. The first-order valence-electron chi connectivity index (χ1n) is 4.33. The van der Waals surface area contributed by atoms with Crippen LogP contribution in [0.2, 0.25) is 0 Å². The molecule has 2 aromatic rings. The molecule has 0 bridgehead atoms. The Kier molecular flexibility index (Phi) is 2.24. The van der Waals surface area contributed by atoms with E-state index in [9.17, 15) is 5.11 Å². The van der Waals surface area contributed by atoms with Gasteiger partial charge in [0.1, 0.15) is 6.10 Å². The van der Waals surface area contributed by atoms with Crippen molar-refractivity contribution >= 4 is 5.69 Å². The van der Waals surface area contributed by atoms with Crippen molar-refractivity contribution in [2.75, 3.05) is 5.73 Å². The van der Waals surface area contributed by atoms with Gasteiger partial charge in [-0.2, -0.15) is 0 Å². The molecule has 1 aromatic heterocycles. The fourth-order valence-corrected chi connectivity index (χ4v) is 1.37. The summed E-state index contributed by atoms with van der Waals surface area (Å²) in [4.78, 5) is 0. The Balaban J connectivity index is 2.37. The van der Waals surface area contributed by atoms with Crippen LogP contribution in [0.3, 0.4) is 0 Å². The first-order chi connectivity index (χ1) is 6.79. The van der Waals surface area contributed by atoms with Gasteiger partial charge in [0.05, 0.1) is 12.5 Å². The average molecular weight is 189 g/mol. The lowest BCUT2D eigenvalue weighted by atomic mass is 10.0. The summed E-state index contributed by atoms with van der Waals surface area (Å²) in [7, 11) is 0. The molecular weight excluding hydrogens is 178 g/mol. The van der Waals surface area contributed by atoms with Crippen molar-refractivity contribution in [3.05, 3.63) is 54.0 Å². The molecule has 0 radical (unpaired) electrons. The summed E-state index contributed by atoms with van der Waals surface area (Å²) in [6.45, 7) is 0. The van der Waals surface area contributed by atoms with E-state index in [0.29, 0.717) is 16.8 Å². The van der Waals surface area contributed by atoms with E-state index in [1.807, 2.05) is 12.1 Å². The molecule has 0 aliphatic carbocycles. The zero-order valence-electron chi connectivity index (χ0n) is 7.55. The number of nitrogen functional groups attached to an aromatic ring is 1. The third-order valence-electron chi connectivity index (χ3n) is 2.15. The van der Waals surface area contributed by atoms with E-state index in [-0.39, 0.29) is 0 Å². The van der Waals surface area contributed by atoms with Gasteiger partial charge in [0.2, 0.25) is 0 Å². The summed E-state index contributed by atoms with van der Waals surface area (Å²) >= 11 is 0. The lowest BCUT2D eigenvalue weighted by Gasteiger charge is -2.10. The highest BCUT2D eigenvalue weighted by Crippen LogP contribution is 2.26. The molecule has 0 saturated heterocycles. The van der Waals surface area contributed by atoms with Gasteiger partial charge in [-0.1, -0.05) is 18.2 Å². The lowest BCUT2D eigenvalue weighted by Crippen LogP contribution is -2.02. The van der Waals surface area contributed by atoms with Crippen LogP contribution in [0.25, 0.3) is 0 Å². The van der Waals surface area contributed by atoms with Gasteiger partial charge in [0.25, 0.3) is 0 Å². The van der Waals surface area contributed by atoms with Crippen LogP contribution in [-0.4, -0.2) is 5.11 Å². The number of furan rings is 1. The van der Waals surface area contributed by atoms with Crippen molar-refractivity contribution in [2.45, 2.75) is 6.10 Å². The zero-order chi connectivity index (χ0) is 9.97. The number of aliphatic hydroxyl groups excluding tert-OH is 1. The molecule has 3 heteroatoms. The van der Waals surface area contributed by atoms with Gasteiger partial charge in [-0.15, -0.1) is 0 Å². The van der Waals surface area contributed by atoms with Gasteiger partial charge in [-0.05, 0) is 12.1 Å². The first-order valence-corrected chi connectivity index (χ1v) is 4.33. The van der Waals surface area contributed by atoms with Crippen molar-refractivity contribution in [1.29, 1.82) is 0 Å². The largest absolute Gasteiger partial charge is 0.472 e. The minimum atomic E-state index is -0.713. The molecule has 0 spiro atoms. The smallest absolute Gasteiger partial charge is 0.109 e. The maximum atomic E-state index is 9.92. The number of benzene rings is 1. The number of nitrogens with two attached hydrogens (primary N) is 1. The summed E-state index contributed by atoms with van der Waals surface area (Å²) in [5.74, 6) is 0. The number of rotatable bonds is 2. The highest BCUT2D eigenvalue weighted by molar-refractivity contribution is 5.49. The number of aliphatic hydroxyl groups is 1. The number of para-hydroxylation sites is 1. The first kappa shape index (κ1) is 8.84. The molecule has 1 unspecified atom stereocenters. The Morgan fingerprint density at radius 1 is 1.21 bits per heavy atom. The van der Waals surface area contributed by atoms with Crippen molar-refractivity contribution in [3.63, 3.8) is 0 Å². The fourth-order valence-electron chi connectivity index (χ4n) is 1.37. The molecule has 3 N–H and O–H groups in total. The van der Waals surface area contributed by atoms with Crippen molar-refractivity contribution in [1.82, 2.24) is 0 Å². The number of hydrogen-bond acceptors (Lipinski definition) is 3. The molecule has 14 heavy (non-hydrogen) atoms. The fraction of sp³-hybridized carbons (Fsp3) is 0.0909.